The Bertz CT molecular complexity index is 308. The van der Waals surface area contributed by atoms with Crippen molar-refractivity contribution in [1.29, 1.82) is 0 Å². The molecule has 1 aliphatic rings. The minimum atomic E-state index is 0.178. The first-order chi connectivity index (χ1) is 7.75. The van der Waals surface area contributed by atoms with Crippen LogP contribution in [0.2, 0.25) is 0 Å². The molecule has 0 radical (unpaired) electrons. The molecule has 0 aliphatic heterocycles. The van der Waals surface area contributed by atoms with Crippen LogP contribution in [0.15, 0.2) is 30.3 Å². The zero-order valence-electron chi connectivity index (χ0n) is 10.1. The highest BCUT2D eigenvalue weighted by Crippen LogP contribution is 2.20. The van der Waals surface area contributed by atoms with E-state index in [0.29, 0.717) is 0 Å². The molecule has 2 nitrogen and oxygen atoms in total. The number of nitrogens with one attached hydrogen (secondary N) is 1. The smallest absolute Gasteiger partial charge is 0.0801 e. The Labute approximate surface area is 98.0 Å². The summed E-state index contributed by atoms with van der Waals surface area (Å²) >= 11 is 0. The molecular weight excluding hydrogens is 198 g/mol. The van der Waals surface area contributed by atoms with Gasteiger partial charge >= 0.3 is 0 Å². The molecule has 1 N–H and O–H groups in total. The standard InChI is InChI=1S/C14H21NO/c1-11(10-15-14-8-9-14)16-12(2)13-6-4-3-5-7-13/h3-7,11-12,14-15H,8-10H2,1-2H3. The molecule has 2 atom stereocenters. The van der Waals surface area contributed by atoms with Gasteiger partial charge in [-0.05, 0) is 32.3 Å². The molecule has 0 spiro atoms. The molecular formula is C14H21NO. The van der Waals surface area contributed by atoms with E-state index in [1.165, 1.54) is 18.4 Å². The van der Waals surface area contributed by atoms with Gasteiger partial charge in [-0.25, -0.2) is 0 Å². The molecule has 1 saturated carbocycles. The Hall–Kier alpha value is -0.860. The van der Waals surface area contributed by atoms with E-state index in [1.807, 2.05) is 6.07 Å². The van der Waals surface area contributed by atoms with Crippen LogP contribution in [-0.4, -0.2) is 18.7 Å². The molecule has 16 heavy (non-hydrogen) atoms. The second-order valence-electron chi connectivity index (χ2n) is 4.68. The van der Waals surface area contributed by atoms with Crippen LogP contribution in [-0.2, 0) is 4.74 Å². The zero-order chi connectivity index (χ0) is 11.4. The minimum absolute atomic E-state index is 0.178. The number of hydrogen-bond donors (Lipinski definition) is 1. The molecule has 2 unspecified atom stereocenters. The van der Waals surface area contributed by atoms with Crippen LogP contribution >= 0.6 is 0 Å². The lowest BCUT2D eigenvalue weighted by atomic mass is 10.1. The van der Waals surface area contributed by atoms with Crippen molar-refractivity contribution in [2.75, 3.05) is 6.54 Å². The van der Waals surface area contributed by atoms with Gasteiger partial charge in [0.1, 0.15) is 0 Å². The van der Waals surface area contributed by atoms with Crippen molar-refractivity contribution < 1.29 is 4.74 Å². The third kappa shape index (κ3) is 3.62. The number of ether oxygens (including phenoxy) is 1. The van der Waals surface area contributed by atoms with Crippen LogP contribution in [0.5, 0.6) is 0 Å². The van der Waals surface area contributed by atoms with Crippen LogP contribution in [0.25, 0.3) is 0 Å². The second-order valence-corrected chi connectivity index (χ2v) is 4.68. The fourth-order valence-electron chi connectivity index (χ4n) is 1.82. The highest BCUT2D eigenvalue weighted by Gasteiger charge is 2.21. The topological polar surface area (TPSA) is 21.3 Å². The summed E-state index contributed by atoms with van der Waals surface area (Å²) in [5, 5.41) is 3.49. The van der Waals surface area contributed by atoms with Crippen molar-refractivity contribution >= 4 is 0 Å². The van der Waals surface area contributed by atoms with Gasteiger partial charge in [0.15, 0.2) is 0 Å². The van der Waals surface area contributed by atoms with Gasteiger partial charge in [0.2, 0.25) is 0 Å². The van der Waals surface area contributed by atoms with Crippen molar-refractivity contribution in [2.45, 2.75) is 44.9 Å². The molecule has 1 fully saturated rings. The van der Waals surface area contributed by atoms with Crippen molar-refractivity contribution in [1.82, 2.24) is 5.32 Å². The normalized spacial score (nSPS) is 19.4. The van der Waals surface area contributed by atoms with Gasteiger partial charge in [0.25, 0.3) is 0 Å². The van der Waals surface area contributed by atoms with Crippen LogP contribution < -0.4 is 5.32 Å². The Morgan fingerprint density at radius 2 is 1.94 bits per heavy atom. The van der Waals surface area contributed by atoms with Crippen molar-refractivity contribution in [3.8, 4) is 0 Å². The molecule has 0 amide bonds. The van der Waals surface area contributed by atoms with Gasteiger partial charge in [0, 0.05) is 12.6 Å². The van der Waals surface area contributed by atoms with Gasteiger partial charge in [-0.1, -0.05) is 30.3 Å². The summed E-state index contributed by atoms with van der Waals surface area (Å²) in [6, 6.07) is 11.1. The molecule has 1 aromatic rings. The molecule has 0 bridgehead atoms. The summed E-state index contributed by atoms with van der Waals surface area (Å²) < 4.78 is 5.95. The molecule has 2 heteroatoms. The van der Waals surface area contributed by atoms with E-state index in [4.69, 9.17) is 4.74 Å². The highest BCUT2D eigenvalue weighted by molar-refractivity contribution is 5.16. The minimum Gasteiger partial charge on any atom is -0.370 e. The maximum Gasteiger partial charge on any atom is 0.0801 e. The van der Waals surface area contributed by atoms with Gasteiger partial charge in [-0.3, -0.25) is 0 Å². The van der Waals surface area contributed by atoms with Gasteiger partial charge in [-0.15, -0.1) is 0 Å². The van der Waals surface area contributed by atoms with E-state index in [2.05, 4.69) is 43.4 Å². The lowest BCUT2D eigenvalue weighted by molar-refractivity contribution is 0.00773. The molecule has 0 heterocycles. The number of rotatable bonds is 6. The number of benzene rings is 1. The lowest BCUT2D eigenvalue weighted by Gasteiger charge is -2.19. The first kappa shape index (κ1) is 11.6. The predicted molar refractivity (Wildman–Crippen MR) is 66.4 cm³/mol. The summed E-state index contributed by atoms with van der Waals surface area (Å²) in [6.45, 7) is 5.21. The highest BCUT2D eigenvalue weighted by atomic mass is 16.5. The molecule has 2 rings (SSSR count). The van der Waals surface area contributed by atoms with Crippen LogP contribution in [0.4, 0.5) is 0 Å². The first-order valence-corrected chi connectivity index (χ1v) is 6.19. The molecule has 0 saturated heterocycles. The average Bonchev–Trinajstić information content (AvgIpc) is 3.11. The fraction of sp³-hybridized carbons (Fsp3) is 0.571. The number of hydrogen-bond acceptors (Lipinski definition) is 2. The van der Waals surface area contributed by atoms with Crippen LogP contribution in [0.3, 0.4) is 0 Å². The zero-order valence-corrected chi connectivity index (χ0v) is 10.1. The summed E-state index contributed by atoms with van der Waals surface area (Å²) in [7, 11) is 0. The summed E-state index contributed by atoms with van der Waals surface area (Å²) in [5.74, 6) is 0. The Morgan fingerprint density at radius 1 is 1.25 bits per heavy atom. The van der Waals surface area contributed by atoms with E-state index in [9.17, 15) is 0 Å². The molecule has 0 aromatic heterocycles. The van der Waals surface area contributed by atoms with Crippen molar-refractivity contribution in [3.05, 3.63) is 35.9 Å². The average molecular weight is 219 g/mol. The SMILES string of the molecule is CC(CNC1CC1)OC(C)c1ccccc1. The van der Waals surface area contributed by atoms with Crippen LogP contribution in [0, 0.1) is 0 Å². The maximum absolute atomic E-state index is 5.95. The van der Waals surface area contributed by atoms with Gasteiger partial charge in [-0.2, -0.15) is 0 Å². The maximum atomic E-state index is 5.95. The third-order valence-electron chi connectivity index (χ3n) is 2.98. The lowest BCUT2D eigenvalue weighted by Crippen LogP contribution is -2.29. The Morgan fingerprint density at radius 3 is 2.56 bits per heavy atom. The predicted octanol–water partition coefficient (Wildman–Crippen LogP) is 2.90. The molecule has 1 aromatic carbocycles. The Kier molecular flexibility index (Phi) is 3.97. The van der Waals surface area contributed by atoms with Crippen molar-refractivity contribution in [2.24, 2.45) is 0 Å². The second kappa shape index (κ2) is 5.46. The monoisotopic (exact) mass is 219 g/mol. The Balaban J connectivity index is 1.74. The first-order valence-electron chi connectivity index (χ1n) is 6.19. The quantitative estimate of drug-likeness (QED) is 0.794. The van der Waals surface area contributed by atoms with Crippen LogP contribution in [0.1, 0.15) is 38.4 Å². The molecule has 1 aliphatic carbocycles. The van der Waals surface area contributed by atoms with E-state index >= 15 is 0 Å². The van der Waals surface area contributed by atoms with E-state index < -0.39 is 0 Å². The molecule has 88 valence electrons. The summed E-state index contributed by atoms with van der Waals surface area (Å²) in [4.78, 5) is 0. The van der Waals surface area contributed by atoms with E-state index in [0.717, 1.165) is 12.6 Å². The fourth-order valence-corrected chi connectivity index (χ4v) is 1.82. The largest absolute Gasteiger partial charge is 0.370 e. The summed E-state index contributed by atoms with van der Waals surface area (Å²) in [6.07, 6.45) is 3.12. The summed E-state index contributed by atoms with van der Waals surface area (Å²) in [5.41, 5.74) is 1.25. The van der Waals surface area contributed by atoms with E-state index in [1.54, 1.807) is 0 Å². The van der Waals surface area contributed by atoms with Gasteiger partial charge < -0.3 is 10.1 Å². The van der Waals surface area contributed by atoms with Gasteiger partial charge in [0.05, 0.1) is 12.2 Å². The van der Waals surface area contributed by atoms with E-state index in [-0.39, 0.29) is 12.2 Å². The van der Waals surface area contributed by atoms with Crippen molar-refractivity contribution in [3.63, 3.8) is 0 Å². The third-order valence-corrected chi connectivity index (χ3v) is 2.98.